The van der Waals surface area contributed by atoms with Crippen LogP contribution < -0.4 is 21.6 Å². The van der Waals surface area contributed by atoms with Crippen LogP contribution in [0.2, 0.25) is 0 Å². The molecule has 1 aromatic carbocycles. The van der Waals surface area contributed by atoms with Crippen LogP contribution in [0.4, 0.5) is 21.0 Å². The Morgan fingerprint density at radius 2 is 1.23 bits per heavy atom. The Bertz CT molecular complexity index is 535. The van der Waals surface area contributed by atoms with Gasteiger partial charge in [-0.2, -0.15) is 0 Å². The number of hydrogen-bond donors (Lipinski definition) is 4. The Morgan fingerprint density at radius 3 is 1.55 bits per heavy atom. The monoisotopic (exact) mass is 306 g/mol. The summed E-state index contributed by atoms with van der Waals surface area (Å²) < 4.78 is 0. The van der Waals surface area contributed by atoms with Crippen molar-refractivity contribution >= 4 is 23.6 Å². The lowest BCUT2D eigenvalue weighted by Crippen LogP contribution is -2.25. The van der Waals surface area contributed by atoms with E-state index >= 15 is 0 Å². The van der Waals surface area contributed by atoms with Crippen LogP contribution in [-0.4, -0.2) is 12.2 Å². The zero-order chi connectivity index (χ0) is 16.5. The van der Waals surface area contributed by atoms with E-state index < -0.39 is 12.2 Å². The molecule has 0 heterocycles. The summed E-state index contributed by atoms with van der Waals surface area (Å²) in [6.45, 7) is 10.3. The van der Waals surface area contributed by atoms with Crippen LogP contribution in [-0.2, 0) is 9.68 Å². The number of amides is 2. The van der Waals surface area contributed by atoms with Gasteiger partial charge in [0, 0.05) is 11.4 Å². The summed E-state index contributed by atoms with van der Waals surface area (Å²) in [5, 5.41) is 4.93. The first kappa shape index (κ1) is 16.9. The number of hydrogen-bond acceptors (Lipinski definition) is 6. The Hall–Kier alpha value is -3.16. The van der Waals surface area contributed by atoms with E-state index in [-0.39, 0.29) is 0 Å². The van der Waals surface area contributed by atoms with Crippen LogP contribution in [0.25, 0.3) is 0 Å². The highest BCUT2D eigenvalue weighted by Crippen LogP contribution is 2.21. The standard InChI is InChI=1S/C14H18N4O4/c1-9(2)17-21-13(19)15-11-7-5-6-8-12(11)16-14(20)22-18-10(3)4/h5-8,17-18H,1,3H2,2,4H3,(H,15,19)(H,16,20). The summed E-state index contributed by atoms with van der Waals surface area (Å²) in [6, 6.07) is 6.54. The van der Waals surface area contributed by atoms with Gasteiger partial charge in [-0.3, -0.25) is 10.6 Å². The van der Waals surface area contributed by atoms with Gasteiger partial charge in [0.1, 0.15) is 0 Å². The van der Waals surface area contributed by atoms with Crippen molar-refractivity contribution in [3.05, 3.63) is 48.8 Å². The molecule has 8 nitrogen and oxygen atoms in total. The molecule has 8 heteroatoms. The van der Waals surface area contributed by atoms with Crippen molar-refractivity contribution in [1.29, 1.82) is 0 Å². The summed E-state index contributed by atoms with van der Waals surface area (Å²) in [5.41, 5.74) is 6.25. The number of hydroxylamine groups is 2. The molecule has 0 atom stereocenters. The minimum atomic E-state index is -0.759. The minimum Gasteiger partial charge on any atom is -0.324 e. The van der Waals surface area contributed by atoms with Crippen LogP contribution in [0.1, 0.15) is 13.8 Å². The van der Waals surface area contributed by atoms with E-state index in [9.17, 15) is 9.59 Å². The van der Waals surface area contributed by atoms with E-state index in [0.717, 1.165) is 0 Å². The number of para-hydroxylation sites is 2. The van der Waals surface area contributed by atoms with Gasteiger partial charge in [-0.15, -0.1) is 0 Å². The average Bonchev–Trinajstić information content (AvgIpc) is 2.45. The molecular weight excluding hydrogens is 288 g/mol. The van der Waals surface area contributed by atoms with Crippen molar-refractivity contribution in [2.24, 2.45) is 0 Å². The van der Waals surface area contributed by atoms with Gasteiger partial charge in [0.15, 0.2) is 0 Å². The Labute approximate surface area is 128 Å². The summed E-state index contributed by atoms with van der Waals surface area (Å²) in [7, 11) is 0. The van der Waals surface area contributed by atoms with Crippen molar-refractivity contribution in [2.75, 3.05) is 10.6 Å². The third-order valence-corrected chi connectivity index (χ3v) is 2.04. The van der Waals surface area contributed by atoms with Crippen LogP contribution in [0, 0.1) is 0 Å². The molecule has 1 rings (SSSR count). The van der Waals surface area contributed by atoms with Crippen molar-refractivity contribution < 1.29 is 19.3 Å². The van der Waals surface area contributed by atoms with Crippen LogP contribution in [0.15, 0.2) is 48.8 Å². The lowest BCUT2D eigenvalue weighted by molar-refractivity contribution is 0.119. The Kier molecular flexibility index (Phi) is 6.30. The van der Waals surface area contributed by atoms with E-state index in [1.165, 1.54) is 0 Å². The predicted octanol–water partition coefficient (Wildman–Crippen LogP) is 2.86. The maximum absolute atomic E-state index is 11.6. The quantitative estimate of drug-likeness (QED) is 0.603. The lowest BCUT2D eigenvalue weighted by Gasteiger charge is -2.12. The fourth-order valence-electron chi connectivity index (χ4n) is 1.24. The number of carbonyl (C=O) groups is 2. The molecule has 0 unspecified atom stereocenters. The first-order chi connectivity index (χ1) is 10.4. The van der Waals surface area contributed by atoms with Gasteiger partial charge in [-0.05, 0) is 26.0 Å². The van der Waals surface area contributed by atoms with Gasteiger partial charge in [0.05, 0.1) is 11.4 Å². The zero-order valence-electron chi connectivity index (χ0n) is 12.4. The Morgan fingerprint density at radius 1 is 0.864 bits per heavy atom. The highest BCUT2D eigenvalue weighted by molar-refractivity contribution is 5.95. The summed E-state index contributed by atoms with van der Waals surface area (Å²) >= 11 is 0. The van der Waals surface area contributed by atoms with Gasteiger partial charge in [-0.1, -0.05) is 25.3 Å². The van der Waals surface area contributed by atoms with Crippen molar-refractivity contribution in [2.45, 2.75) is 13.8 Å². The molecule has 0 fully saturated rings. The normalized spacial score (nSPS) is 9.18. The molecule has 0 aliphatic carbocycles. The van der Waals surface area contributed by atoms with Gasteiger partial charge >= 0.3 is 12.2 Å². The molecule has 4 N–H and O–H groups in total. The third-order valence-electron chi connectivity index (χ3n) is 2.04. The summed E-state index contributed by atoms with van der Waals surface area (Å²) in [6.07, 6.45) is -1.52. The van der Waals surface area contributed by atoms with E-state index in [0.29, 0.717) is 22.8 Å². The molecular formula is C14H18N4O4. The van der Waals surface area contributed by atoms with Crippen LogP contribution in [0.5, 0.6) is 0 Å². The first-order valence-electron chi connectivity index (χ1n) is 6.26. The SMILES string of the molecule is C=C(C)NOC(=O)Nc1ccccc1NC(=O)ONC(=C)C. The molecule has 0 saturated heterocycles. The second-order valence-electron chi connectivity index (χ2n) is 4.34. The smallest absolute Gasteiger partial charge is 0.324 e. The van der Waals surface area contributed by atoms with E-state index in [1.807, 2.05) is 0 Å². The van der Waals surface area contributed by atoms with Crippen LogP contribution in [0.3, 0.4) is 0 Å². The number of carbonyl (C=O) groups excluding carboxylic acids is 2. The number of allylic oxidation sites excluding steroid dienone is 2. The highest BCUT2D eigenvalue weighted by atomic mass is 16.7. The minimum absolute atomic E-state index is 0.336. The molecule has 118 valence electrons. The maximum Gasteiger partial charge on any atom is 0.435 e. The van der Waals surface area contributed by atoms with Gasteiger partial charge < -0.3 is 9.68 Å². The third kappa shape index (κ3) is 6.33. The number of rotatable bonds is 6. The van der Waals surface area contributed by atoms with E-state index in [2.05, 4.69) is 44.4 Å². The molecule has 22 heavy (non-hydrogen) atoms. The topological polar surface area (TPSA) is 101 Å². The molecule has 0 saturated carbocycles. The van der Waals surface area contributed by atoms with Crippen molar-refractivity contribution in [3.8, 4) is 0 Å². The average molecular weight is 306 g/mol. The fourth-order valence-corrected chi connectivity index (χ4v) is 1.24. The molecule has 0 aromatic heterocycles. The van der Waals surface area contributed by atoms with E-state index in [4.69, 9.17) is 0 Å². The summed E-state index contributed by atoms with van der Waals surface area (Å²) in [4.78, 5) is 32.5. The molecule has 0 spiro atoms. The maximum atomic E-state index is 11.6. The molecule has 2 amide bonds. The zero-order valence-corrected chi connectivity index (χ0v) is 12.4. The second kappa shape index (κ2) is 8.20. The number of anilines is 2. The largest absolute Gasteiger partial charge is 0.435 e. The van der Waals surface area contributed by atoms with E-state index in [1.54, 1.807) is 38.1 Å². The second-order valence-corrected chi connectivity index (χ2v) is 4.34. The van der Waals surface area contributed by atoms with Gasteiger partial charge in [-0.25, -0.2) is 20.5 Å². The fraction of sp³-hybridized carbons (Fsp3) is 0.143. The van der Waals surface area contributed by atoms with Gasteiger partial charge in [0.25, 0.3) is 0 Å². The number of nitrogens with one attached hydrogen (secondary N) is 4. The summed E-state index contributed by atoms with van der Waals surface area (Å²) in [5.74, 6) is 0. The molecule has 0 radical (unpaired) electrons. The Balaban J connectivity index is 2.65. The number of benzene rings is 1. The predicted molar refractivity (Wildman–Crippen MR) is 82.5 cm³/mol. The molecule has 0 aliphatic rings. The first-order valence-corrected chi connectivity index (χ1v) is 6.26. The molecule has 1 aromatic rings. The van der Waals surface area contributed by atoms with Crippen molar-refractivity contribution in [3.63, 3.8) is 0 Å². The van der Waals surface area contributed by atoms with Crippen molar-refractivity contribution in [1.82, 2.24) is 11.0 Å². The highest BCUT2D eigenvalue weighted by Gasteiger charge is 2.11. The van der Waals surface area contributed by atoms with Gasteiger partial charge in [0.2, 0.25) is 0 Å². The lowest BCUT2D eigenvalue weighted by atomic mass is 10.2. The van der Waals surface area contributed by atoms with Crippen LogP contribution >= 0.6 is 0 Å². The molecule has 0 bridgehead atoms. The molecule has 0 aliphatic heterocycles.